The van der Waals surface area contributed by atoms with Gasteiger partial charge in [0.25, 0.3) is 0 Å². The summed E-state index contributed by atoms with van der Waals surface area (Å²) >= 11 is 0. The Kier molecular flexibility index (Phi) is 6.64. The van der Waals surface area contributed by atoms with Gasteiger partial charge in [-0.3, -0.25) is 4.79 Å². The van der Waals surface area contributed by atoms with Crippen LogP contribution in [0.3, 0.4) is 0 Å². The molecule has 6 nitrogen and oxygen atoms in total. The molecular formula is C14H21NO5S. The lowest BCUT2D eigenvalue weighted by molar-refractivity contribution is -0.137. The number of hydrogen-bond acceptors (Lipinski definition) is 4. The van der Waals surface area contributed by atoms with Crippen molar-refractivity contribution in [1.82, 2.24) is 4.72 Å². The molecule has 0 amide bonds. The first-order valence-corrected chi connectivity index (χ1v) is 8.19. The molecule has 1 atom stereocenters. The van der Waals surface area contributed by atoms with Crippen LogP contribution in [0.5, 0.6) is 5.75 Å². The molecule has 0 aromatic heterocycles. The molecule has 21 heavy (non-hydrogen) atoms. The molecule has 0 radical (unpaired) electrons. The summed E-state index contributed by atoms with van der Waals surface area (Å²) in [5, 5.41) is 8.59. The van der Waals surface area contributed by atoms with E-state index in [0.29, 0.717) is 18.6 Å². The van der Waals surface area contributed by atoms with Gasteiger partial charge in [0.15, 0.2) is 0 Å². The lowest BCUT2D eigenvalue weighted by atomic mass is 10.0. The maximum absolute atomic E-state index is 12.0. The summed E-state index contributed by atoms with van der Waals surface area (Å²) in [5.74, 6) is -0.0865. The third kappa shape index (κ3) is 6.14. The summed E-state index contributed by atoms with van der Waals surface area (Å²) < 4.78 is 31.6. The van der Waals surface area contributed by atoms with Gasteiger partial charge in [0, 0.05) is 13.0 Å². The number of carboxylic acids is 1. The monoisotopic (exact) mass is 315 g/mol. The Morgan fingerprint density at radius 2 is 1.90 bits per heavy atom. The van der Waals surface area contributed by atoms with Crippen molar-refractivity contribution in [2.24, 2.45) is 5.92 Å². The van der Waals surface area contributed by atoms with Crippen molar-refractivity contribution < 1.29 is 23.1 Å². The smallest absolute Gasteiger partial charge is 0.303 e. The highest BCUT2D eigenvalue weighted by Gasteiger charge is 2.14. The second-order valence-corrected chi connectivity index (χ2v) is 6.67. The van der Waals surface area contributed by atoms with Gasteiger partial charge in [-0.25, -0.2) is 13.1 Å². The van der Waals surface area contributed by atoms with Gasteiger partial charge in [0.05, 0.1) is 12.0 Å². The SMILES string of the molecule is COc1ccc(S(=O)(=O)NCCC(C)CCC(=O)O)cc1. The van der Waals surface area contributed by atoms with Crippen LogP contribution in [-0.4, -0.2) is 33.1 Å². The van der Waals surface area contributed by atoms with Crippen LogP contribution in [0.1, 0.15) is 26.2 Å². The molecule has 0 saturated heterocycles. The molecule has 0 aliphatic heterocycles. The van der Waals surface area contributed by atoms with Gasteiger partial charge in [-0.15, -0.1) is 0 Å². The molecule has 7 heteroatoms. The molecule has 1 unspecified atom stereocenters. The number of sulfonamides is 1. The quantitative estimate of drug-likeness (QED) is 0.725. The largest absolute Gasteiger partial charge is 0.497 e. The average molecular weight is 315 g/mol. The normalized spacial score (nSPS) is 12.9. The lowest BCUT2D eigenvalue weighted by Gasteiger charge is -2.11. The van der Waals surface area contributed by atoms with Crippen molar-refractivity contribution in [3.8, 4) is 5.75 Å². The minimum absolute atomic E-state index is 0.104. The topological polar surface area (TPSA) is 92.7 Å². The van der Waals surface area contributed by atoms with Gasteiger partial charge in [-0.05, 0) is 43.0 Å². The minimum atomic E-state index is -3.53. The summed E-state index contributed by atoms with van der Waals surface area (Å²) in [6.45, 7) is 2.19. The zero-order valence-corrected chi connectivity index (χ0v) is 13.0. The van der Waals surface area contributed by atoms with Gasteiger partial charge in [0.1, 0.15) is 5.75 Å². The van der Waals surface area contributed by atoms with Gasteiger partial charge < -0.3 is 9.84 Å². The van der Waals surface area contributed by atoms with E-state index in [2.05, 4.69) is 4.72 Å². The van der Waals surface area contributed by atoms with Gasteiger partial charge in [-0.1, -0.05) is 6.92 Å². The Labute approximate surface area is 125 Å². The van der Waals surface area contributed by atoms with Crippen molar-refractivity contribution >= 4 is 16.0 Å². The van der Waals surface area contributed by atoms with Crippen LogP contribution < -0.4 is 9.46 Å². The van der Waals surface area contributed by atoms with Crippen LogP contribution in [0.25, 0.3) is 0 Å². The Hall–Kier alpha value is -1.60. The van der Waals surface area contributed by atoms with Crippen LogP contribution in [0, 0.1) is 5.92 Å². The van der Waals surface area contributed by atoms with Gasteiger partial charge in [-0.2, -0.15) is 0 Å². The van der Waals surface area contributed by atoms with Gasteiger partial charge in [0.2, 0.25) is 10.0 Å². The van der Waals surface area contributed by atoms with E-state index in [1.165, 1.54) is 19.2 Å². The van der Waals surface area contributed by atoms with E-state index in [1.54, 1.807) is 12.1 Å². The van der Waals surface area contributed by atoms with E-state index in [1.807, 2.05) is 6.92 Å². The zero-order chi connectivity index (χ0) is 15.9. The minimum Gasteiger partial charge on any atom is -0.497 e. The summed E-state index contributed by atoms with van der Waals surface area (Å²) in [4.78, 5) is 10.6. The Morgan fingerprint density at radius 3 is 2.43 bits per heavy atom. The maximum Gasteiger partial charge on any atom is 0.303 e. The number of hydrogen-bond donors (Lipinski definition) is 2. The van der Waals surface area contributed by atoms with Crippen LogP contribution in [0.4, 0.5) is 0 Å². The van der Waals surface area contributed by atoms with E-state index >= 15 is 0 Å². The molecule has 0 saturated carbocycles. The summed E-state index contributed by atoms with van der Waals surface area (Å²) in [7, 11) is -2.02. The molecule has 1 rings (SSSR count). The third-order valence-electron chi connectivity index (χ3n) is 3.15. The summed E-state index contributed by atoms with van der Waals surface area (Å²) in [6, 6.07) is 6.14. The number of carbonyl (C=O) groups is 1. The Bertz CT molecular complexity index is 553. The van der Waals surface area contributed by atoms with Crippen molar-refractivity contribution in [3.63, 3.8) is 0 Å². The number of benzene rings is 1. The molecule has 2 N–H and O–H groups in total. The maximum atomic E-state index is 12.0. The number of nitrogens with one attached hydrogen (secondary N) is 1. The first-order valence-electron chi connectivity index (χ1n) is 6.70. The molecule has 0 aliphatic rings. The highest BCUT2D eigenvalue weighted by atomic mass is 32.2. The highest BCUT2D eigenvalue weighted by Crippen LogP contribution is 2.16. The number of rotatable bonds is 9. The van der Waals surface area contributed by atoms with Gasteiger partial charge >= 0.3 is 5.97 Å². The number of carboxylic acid groups (broad SMARTS) is 1. The zero-order valence-electron chi connectivity index (χ0n) is 12.2. The molecule has 0 aliphatic carbocycles. The molecular weight excluding hydrogens is 294 g/mol. The molecule has 0 spiro atoms. The second kappa shape index (κ2) is 7.99. The van der Waals surface area contributed by atoms with Crippen molar-refractivity contribution in [1.29, 1.82) is 0 Å². The fourth-order valence-electron chi connectivity index (χ4n) is 1.79. The Morgan fingerprint density at radius 1 is 1.29 bits per heavy atom. The highest BCUT2D eigenvalue weighted by molar-refractivity contribution is 7.89. The van der Waals surface area contributed by atoms with Crippen LogP contribution in [0.15, 0.2) is 29.2 Å². The molecule has 0 fully saturated rings. The summed E-state index contributed by atoms with van der Waals surface area (Å²) in [6.07, 6.45) is 1.24. The first-order chi connectivity index (χ1) is 9.85. The first kappa shape index (κ1) is 17.5. The van der Waals surface area contributed by atoms with Crippen LogP contribution in [0.2, 0.25) is 0 Å². The molecule has 1 aromatic rings. The summed E-state index contributed by atoms with van der Waals surface area (Å²) in [5.41, 5.74) is 0. The van der Waals surface area contributed by atoms with Crippen molar-refractivity contribution in [3.05, 3.63) is 24.3 Å². The number of methoxy groups -OCH3 is 1. The second-order valence-electron chi connectivity index (χ2n) is 4.90. The van der Waals surface area contributed by atoms with Crippen molar-refractivity contribution in [2.45, 2.75) is 31.1 Å². The van der Waals surface area contributed by atoms with Crippen molar-refractivity contribution in [2.75, 3.05) is 13.7 Å². The Balaban J connectivity index is 2.47. The van der Waals surface area contributed by atoms with E-state index in [-0.39, 0.29) is 23.8 Å². The molecule has 1 aromatic carbocycles. The molecule has 0 bridgehead atoms. The molecule has 0 heterocycles. The molecule has 118 valence electrons. The van der Waals surface area contributed by atoms with E-state index in [0.717, 1.165) is 0 Å². The van der Waals surface area contributed by atoms with E-state index in [9.17, 15) is 13.2 Å². The lowest BCUT2D eigenvalue weighted by Crippen LogP contribution is -2.26. The number of aliphatic carboxylic acids is 1. The van der Waals surface area contributed by atoms with E-state index < -0.39 is 16.0 Å². The fourth-order valence-corrected chi connectivity index (χ4v) is 2.84. The standard InChI is InChI=1S/C14H21NO5S/c1-11(3-8-14(16)17)9-10-15-21(18,19)13-6-4-12(20-2)5-7-13/h4-7,11,15H,3,8-10H2,1-2H3,(H,16,17). The van der Waals surface area contributed by atoms with E-state index in [4.69, 9.17) is 9.84 Å². The average Bonchev–Trinajstić information content (AvgIpc) is 2.45. The predicted molar refractivity (Wildman–Crippen MR) is 78.8 cm³/mol. The third-order valence-corrected chi connectivity index (χ3v) is 4.63. The number of ether oxygens (including phenoxy) is 1. The fraction of sp³-hybridized carbons (Fsp3) is 0.500. The predicted octanol–water partition coefficient (Wildman–Crippen LogP) is 1.86. The van der Waals surface area contributed by atoms with Crippen LogP contribution >= 0.6 is 0 Å². The van der Waals surface area contributed by atoms with Crippen LogP contribution in [-0.2, 0) is 14.8 Å².